The van der Waals surface area contributed by atoms with Crippen molar-refractivity contribution in [2.75, 3.05) is 13.1 Å². The molecular formula is C14H16N2OS. The van der Waals surface area contributed by atoms with Gasteiger partial charge in [-0.2, -0.15) is 0 Å². The first-order chi connectivity index (χ1) is 8.75. The third kappa shape index (κ3) is 2.02. The zero-order valence-electron chi connectivity index (χ0n) is 10.1. The molecule has 0 radical (unpaired) electrons. The molecule has 1 saturated heterocycles. The second-order valence-electron chi connectivity index (χ2n) is 4.80. The first kappa shape index (κ1) is 11.7. The van der Waals surface area contributed by atoms with Crippen LogP contribution in [0, 0.1) is 0 Å². The molecule has 3 rings (SSSR count). The number of likely N-dealkylation sites (tertiary alicyclic amines) is 1. The molecule has 1 atom stereocenters. The summed E-state index contributed by atoms with van der Waals surface area (Å²) in [6, 6.07) is 8.19. The number of amides is 1. The molecule has 18 heavy (non-hydrogen) atoms. The maximum atomic E-state index is 12.5. The molecule has 1 fully saturated rings. The Bertz CT molecular complexity index is 578. The molecule has 0 aliphatic carbocycles. The minimum absolute atomic E-state index is 0.127. The predicted octanol–water partition coefficient (Wildman–Crippen LogP) is 2.46. The Kier molecular flexibility index (Phi) is 3.06. The van der Waals surface area contributed by atoms with Gasteiger partial charge in [0.05, 0.1) is 5.56 Å². The molecule has 2 heterocycles. The molecule has 0 unspecified atom stereocenters. The third-order valence-corrected chi connectivity index (χ3v) is 4.42. The smallest absolute Gasteiger partial charge is 0.255 e. The molecule has 2 N–H and O–H groups in total. The quantitative estimate of drug-likeness (QED) is 0.856. The minimum Gasteiger partial charge on any atom is -0.337 e. The van der Waals surface area contributed by atoms with Crippen molar-refractivity contribution in [3.8, 4) is 0 Å². The molecular weight excluding hydrogens is 244 g/mol. The van der Waals surface area contributed by atoms with Gasteiger partial charge in [0.25, 0.3) is 5.91 Å². The van der Waals surface area contributed by atoms with Crippen LogP contribution >= 0.6 is 11.3 Å². The van der Waals surface area contributed by atoms with E-state index in [0.717, 1.165) is 30.3 Å². The Labute approximate surface area is 110 Å². The highest BCUT2D eigenvalue weighted by atomic mass is 32.1. The van der Waals surface area contributed by atoms with Gasteiger partial charge in [0.1, 0.15) is 0 Å². The van der Waals surface area contributed by atoms with Crippen LogP contribution in [0.5, 0.6) is 0 Å². The van der Waals surface area contributed by atoms with Gasteiger partial charge in [-0.1, -0.05) is 18.2 Å². The highest BCUT2D eigenvalue weighted by Crippen LogP contribution is 2.27. The summed E-state index contributed by atoms with van der Waals surface area (Å²) in [5.41, 5.74) is 6.76. The molecule has 4 heteroatoms. The summed E-state index contributed by atoms with van der Waals surface area (Å²) in [5, 5.41) is 3.03. The van der Waals surface area contributed by atoms with Gasteiger partial charge in [-0.05, 0) is 18.9 Å². The topological polar surface area (TPSA) is 46.3 Å². The average molecular weight is 260 g/mol. The van der Waals surface area contributed by atoms with E-state index in [1.54, 1.807) is 11.3 Å². The van der Waals surface area contributed by atoms with Crippen molar-refractivity contribution < 1.29 is 4.79 Å². The second kappa shape index (κ2) is 4.71. The SMILES string of the molecule is N[C@@H]1CCCN(C(=O)c2csc3ccccc23)C1. The van der Waals surface area contributed by atoms with E-state index in [-0.39, 0.29) is 11.9 Å². The van der Waals surface area contributed by atoms with Crippen LogP contribution in [-0.2, 0) is 0 Å². The van der Waals surface area contributed by atoms with E-state index in [1.807, 2.05) is 28.5 Å². The van der Waals surface area contributed by atoms with Crippen molar-refractivity contribution in [1.82, 2.24) is 4.90 Å². The zero-order valence-corrected chi connectivity index (χ0v) is 11.0. The van der Waals surface area contributed by atoms with Crippen molar-refractivity contribution in [2.24, 2.45) is 5.73 Å². The standard InChI is InChI=1S/C14H16N2OS/c15-10-4-3-7-16(8-10)14(17)12-9-18-13-6-2-1-5-11(12)13/h1-2,5-6,9-10H,3-4,7-8,15H2/t10-/m1/s1. The number of piperidine rings is 1. The molecule has 1 amide bonds. The lowest BCUT2D eigenvalue weighted by molar-refractivity contribution is 0.0711. The fourth-order valence-corrected chi connectivity index (χ4v) is 3.44. The molecule has 94 valence electrons. The lowest BCUT2D eigenvalue weighted by Crippen LogP contribution is -2.45. The van der Waals surface area contributed by atoms with Crippen molar-refractivity contribution in [2.45, 2.75) is 18.9 Å². The van der Waals surface area contributed by atoms with Crippen LogP contribution in [0.4, 0.5) is 0 Å². The van der Waals surface area contributed by atoms with Crippen molar-refractivity contribution >= 4 is 27.3 Å². The lowest BCUT2D eigenvalue weighted by Gasteiger charge is -2.30. The van der Waals surface area contributed by atoms with Crippen molar-refractivity contribution in [3.63, 3.8) is 0 Å². The molecule has 0 saturated carbocycles. The van der Waals surface area contributed by atoms with Gasteiger partial charge < -0.3 is 10.6 Å². The molecule has 3 nitrogen and oxygen atoms in total. The van der Waals surface area contributed by atoms with E-state index in [4.69, 9.17) is 5.73 Å². The van der Waals surface area contributed by atoms with Gasteiger partial charge in [-0.3, -0.25) is 4.79 Å². The Morgan fingerprint density at radius 2 is 2.22 bits per heavy atom. The fourth-order valence-electron chi connectivity index (χ4n) is 2.51. The number of hydrogen-bond acceptors (Lipinski definition) is 3. The van der Waals surface area contributed by atoms with Gasteiger partial charge >= 0.3 is 0 Å². The number of fused-ring (bicyclic) bond motifs is 1. The molecule has 1 aliphatic rings. The maximum Gasteiger partial charge on any atom is 0.255 e. The van der Waals surface area contributed by atoms with E-state index < -0.39 is 0 Å². The summed E-state index contributed by atoms with van der Waals surface area (Å²) in [5.74, 6) is 0.127. The largest absolute Gasteiger partial charge is 0.337 e. The number of carbonyl (C=O) groups excluding carboxylic acids is 1. The minimum atomic E-state index is 0.127. The van der Waals surface area contributed by atoms with Crippen LogP contribution in [0.25, 0.3) is 10.1 Å². The van der Waals surface area contributed by atoms with Gasteiger partial charge in [0, 0.05) is 34.6 Å². The summed E-state index contributed by atoms with van der Waals surface area (Å²) in [6.45, 7) is 1.51. The van der Waals surface area contributed by atoms with Crippen molar-refractivity contribution in [1.29, 1.82) is 0 Å². The van der Waals surface area contributed by atoms with Gasteiger partial charge in [0.2, 0.25) is 0 Å². The monoisotopic (exact) mass is 260 g/mol. The number of carbonyl (C=O) groups is 1. The molecule has 0 spiro atoms. The van der Waals surface area contributed by atoms with Crippen LogP contribution in [-0.4, -0.2) is 29.9 Å². The number of benzene rings is 1. The van der Waals surface area contributed by atoms with Gasteiger partial charge in [0.15, 0.2) is 0 Å². The number of thiophene rings is 1. The number of rotatable bonds is 1. The summed E-state index contributed by atoms with van der Waals surface area (Å²) < 4.78 is 1.17. The Hall–Kier alpha value is -1.39. The third-order valence-electron chi connectivity index (χ3n) is 3.46. The average Bonchev–Trinajstić information content (AvgIpc) is 2.82. The van der Waals surface area contributed by atoms with Gasteiger partial charge in [-0.15, -0.1) is 11.3 Å². The number of nitrogens with two attached hydrogens (primary N) is 1. The van der Waals surface area contributed by atoms with Crippen LogP contribution < -0.4 is 5.73 Å². The normalized spacial score (nSPS) is 20.3. The fraction of sp³-hybridized carbons (Fsp3) is 0.357. The Morgan fingerprint density at radius 1 is 1.39 bits per heavy atom. The predicted molar refractivity (Wildman–Crippen MR) is 74.9 cm³/mol. The van der Waals surface area contributed by atoms with Gasteiger partial charge in [-0.25, -0.2) is 0 Å². The highest BCUT2D eigenvalue weighted by molar-refractivity contribution is 7.17. The molecule has 1 aliphatic heterocycles. The lowest BCUT2D eigenvalue weighted by atomic mass is 10.1. The Morgan fingerprint density at radius 3 is 3.06 bits per heavy atom. The summed E-state index contributed by atoms with van der Waals surface area (Å²) in [7, 11) is 0. The van der Waals surface area contributed by atoms with E-state index in [9.17, 15) is 4.79 Å². The highest BCUT2D eigenvalue weighted by Gasteiger charge is 2.23. The van der Waals surface area contributed by atoms with Crippen LogP contribution in [0.3, 0.4) is 0 Å². The van der Waals surface area contributed by atoms with E-state index in [1.165, 1.54) is 4.70 Å². The Balaban J connectivity index is 1.92. The summed E-state index contributed by atoms with van der Waals surface area (Å²) in [4.78, 5) is 14.4. The summed E-state index contributed by atoms with van der Waals surface area (Å²) in [6.07, 6.45) is 2.03. The van der Waals surface area contributed by atoms with E-state index in [0.29, 0.717) is 6.54 Å². The molecule has 2 aromatic rings. The summed E-state index contributed by atoms with van der Waals surface area (Å²) >= 11 is 1.63. The zero-order chi connectivity index (χ0) is 12.5. The first-order valence-electron chi connectivity index (χ1n) is 6.27. The van der Waals surface area contributed by atoms with Crippen LogP contribution in [0.1, 0.15) is 23.2 Å². The number of nitrogens with zero attached hydrogens (tertiary/aromatic N) is 1. The number of hydrogen-bond donors (Lipinski definition) is 1. The first-order valence-corrected chi connectivity index (χ1v) is 7.15. The maximum absolute atomic E-state index is 12.5. The van der Waals surface area contributed by atoms with Crippen molar-refractivity contribution in [3.05, 3.63) is 35.2 Å². The van der Waals surface area contributed by atoms with E-state index >= 15 is 0 Å². The second-order valence-corrected chi connectivity index (χ2v) is 5.71. The molecule has 1 aromatic carbocycles. The van der Waals surface area contributed by atoms with Crippen LogP contribution in [0.15, 0.2) is 29.6 Å². The van der Waals surface area contributed by atoms with Crippen LogP contribution in [0.2, 0.25) is 0 Å². The van der Waals surface area contributed by atoms with E-state index in [2.05, 4.69) is 6.07 Å². The molecule has 1 aromatic heterocycles. The molecule has 0 bridgehead atoms.